The highest BCUT2D eigenvalue weighted by Gasteiger charge is 2.18. The standard InChI is InChI=1S/C20H16FN3O2/c21-16-4-2-1-3-15(16)13-24-17-7-10-26-19(17)11-18(24)20(25)23-12-14-5-8-22-9-6-14/h1-11H,12-13H2,(H,23,25). The number of furan rings is 1. The molecule has 0 aliphatic rings. The quantitative estimate of drug-likeness (QED) is 0.597. The Hall–Kier alpha value is -3.41. The number of rotatable bonds is 5. The van der Waals surface area contributed by atoms with Crippen LogP contribution in [0, 0.1) is 5.82 Å². The summed E-state index contributed by atoms with van der Waals surface area (Å²) in [5, 5.41) is 2.88. The monoisotopic (exact) mass is 349 g/mol. The Kier molecular flexibility index (Phi) is 4.23. The van der Waals surface area contributed by atoms with Gasteiger partial charge in [0.2, 0.25) is 0 Å². The zero-order valence-electron chi connectivity index (χ0n) is 13.9. The van der Waals surface area contributed by atoms with Crippen molar-refractivity contribution >= 4 is 17.0 Å². The van der Waals surface area contributed by atoms with E-state index in [1.54, 1.807) is 53.6 Å². The minimum atomic E-state index is -0.305. The molecule has 5 nitrogen and oxygen atoms in total. The van der Waals surface area contributed by atoms with Gasteiger partial charge >= 0.3 is 0 Å². The highest BCUT2D eigenvalue weighted by Crippen LogP contribution is 2.23. The van der Waals surface area contributed by atoms with Gasteiger partial charge in [-0.15, -0.1) is 0 Å². The molecule has 0 unspecified atom stereocenters. The van der Waals surface area contributed by atoms with Crippen LogP contribution in [0.4, 0.5) is 4.39 Å². The van der Waals surface area contributed by atoms with Crippen molar-refractivity contribution < 1.29 is 13.6 Å². The van der Waals surface area contributed by atoms with Crippen LogP contribution in [0.25, 0.3) is 11.1 Å². The molecule has 4 aromatic rings. The molecule has 1 amide bonds. The number of pyridine rings is 1. The predicted molar refractivity (Wildman–Crippen MR) is 95.1 cm³/mol. The molecule has 0 aliphatic heterocycles. The van der Waals surface area contributed by atoms with Crippen LogP contribution in [-0.4, -0.2) is 15.5 Å². The van der Waals surface area contributed by atoms with Gasteiger partial charge in [0.1, 0.15) is 11.5 Å². The molecule has 0 saturated heterocycles. The second-order valence-electron chi connectivity index (χ2n) is 5.92. The first-order valence-electron chi connectivity index (χ1n) is 8.19. The fraction of sp³-hybridized carbons (Fsp3) is 0.100. The first-order chi connectivity index (χ1) is 12.7. The molecule has 0 bridgehead atoms. The minimum absolute atomic E-state index is 0.244. The smallest absolute Gasteiger partial charge is 0.268 e. The first-order valence-corrected chi connectivity index (χ1v) is 8.19. The van der Waals surface area contributed by atoms with Crippen molar-refractivity contribution in [1.82, 2.24) is 14.9 Å². The molecule has 0 atom stereocenters. The van der Waals surface area contributed by atoms with E-state index in [2.05, 4.69) is 10.3 Å². The van der Waals surface area contributed by atoms with Crippen LogP contribution in [0.3, 0.4) is 0 Å². The van der Waals surface area contributed by atoms with E-state index in [1.165, 1.54) is 6.07 Å². The maximum atomic E-state index is 14.1. The summed E-state index contributed by atoms with van der Waals surface area (Å²) in [6, 6.07) is 13.7. The molecule has 6 heteroatoms. The van der Waals surface area contributed by atoms with Crippen LogP contribution >= 0.6 is 0 Å². The second-order valence-corrected chi connectivity index (χ2v) is 5.92. The van der Waals surface area contributed by atoms with Gasteiger partial charge in [-0.3, -0.25) is 9.78 Å². The second kappa shape index (κ2) is 6.84. The fourth-order valence-corrected chi connectivity index (χ4v) is 2.91. The molecule has 0 spiro atoms. The molecule has 4 rings (SSSR count). The van der Waals surface area contributed by atoms with Gasteiger partial charge < -0.3 is 14.3 Å². The largest absolute Gasteiger partial charge is 0.463 e. The van der Waals surface area contributed by atoms with Crippen molar-refractivity contribution in [2.24, 2.45) is 0 Å². The number of aromatic nitrogens is 2. The molecule has 1 aromatic carbocycles. The zero-order valence-corrected chi connectivity index (χ0v) is 13.9. The van der Waals surface area contributed by atoms with Gasteiger partial charge in [-0.25, -0.2) is 4.39 Å². The van der Waals surface area contributed by atoms with Crippen molar-refractivity contribution in [2.75, 3.05) is 0 Å². The van der Waals surface area contributed by atoms with Gasteiger partial charge in [-0.2, -0.15) is 0 Å². The van der Waals surface area contributed by atoms with Crippen molar-refractivity contribution in [3.8, 4) is 0 Å². The van der Waals surface area contributed by atoms with Gasteiger partial charge in [0.05, 0.1) is 18.3 Å². The summed E-state index contributed by atoms with van der Waals surface area (Å²) in [5.41, 5.74) is 3.23. The third kappa shape index (κ3) is 3.09. The molecule has 1 N–H and O–H groups in total. The lowest BCUT2D eigenvalue weighted by molar-refractivity contribution is 0.0942. The number of carbonyl (C=O) groups excluding carboxylic acids is 1. The Morgan fingerprint density at radius 3 is 2.77 bits per heavy atom. The van der Waals surface area contributed by atoms with E-state index in [1.807, 2.05) is 12.1 Å². The highest BCUT2D eigenvalue weighted by molar-refractivity contribution is 5.97. The molecule has 26 heavy (non-hydrogen) atoms. The predicted octanol–water partition coefficient (Wildman–Crippen LogP) is 3.75. The topological polar surface area (TPSA) is 60.1 Å². The Bertz CT molecular complexity index is 1050. The number of amides is 1. The van der Waals surface area contributed by atoms with Crippen molar-refractivity contribution in [2.45, 2.75) is 13.1 Å². The van der Waals surface area contributed by atoms with Crippen LogP contribution in [0.15, 0.2) is 71.6 Å². The number of nitrogens with one attached hydrogen (secondary N) is 1. The lowest BCUT2D eigenvalue weighted by atomic mass is 10.2. The molecule has 0 radical (unpaired) electrons. The average Bonchev–Trinajstić information content (AvgIpc) is 3.25. The van der Waals surface area contributed by atoms with E-state index < -0.39 is 0 Å². The van der Waals surface area contributed by atoms with E-state index in [9.17, 15) is 9.18 Å². The van der Waals surface area contributed by atoms with Crippen LogP contribution in [0.5, 0.6) is 0 Å². The number of benzene rings is 1. The van der Waals surface area contributed by atoms with E-state index in [4.69, 9.17) is 4.42 Å². The third-order valence-corrected chi connectivity index (χ3v) is 4.24. The molecule has 3 aromatic heterocycles. The van der Waals surface area contributed by atoms with Gasteiger partial charge in [0.25, 0.3) is 5.91 Å². The Balaban J connectivity index is 1.63. The van der Waals surface area contributed by atoms with Gasteiger partial charge in [-0.05, 0) is 23.8 Å². The normalized spacial score (nSPS) is 11.0. The van der Waals surface area contributed by atoms with Crippen LogP contribution < -0.4 is 5.32 Å². The lowest BCUT2D eigenvalue weighted by Crippen LogP contribution is -2.25. The number of nitrogens with zero attached hydrogens (tertiary/aromatic N) is 2. The summed E-state index contributed by atoms with van der Waals surface area (Å²) >= 11 is 0. The third-order valence-electron chi connectivity index (χ3n) is 4.24. The number of carbonyl (C=O) groups is 1. The summed E-state index contributed by atoms with van der Waals surface area (Å²) in [6.07, 6.45) is 4.91. The molecule has 0 saturated carbocycles. The van der Waals surface area contributed by atoms with Gasteiger partial charge in [0, 0.05) is 36.6 Å². The van der Waals surface area contributed by atoms with E-state index in [-0.39, 0.29) is 18.3 Å². The lowest BCUT2D eigenvalue weighted by Gasteiger charge is -2.11. The number of hydrogen-bond acceptors (Lipinski definition) is 3. The van der Waals surface area contributed by atoms with Gasteiger partial charge in [-0.1, -0.05) is 18.2 Å². The SMILES string of the molecule is O=C(NCc1ccncc1)c1cc2occc2n1Cc1ccccc1F. The molecular weight excluding hydrogens is 333 g/mol. The van der Waals surface area contributed by atoms with Crippen molar-refractivity contribution in [3.63, 3.8) is 0 Å². The number of hydrogen-bond donors (Lipinski definition) is 1. The van der Waals surface area contributed by atoms with E-state index in [0.29, 0.717) is 23.4 Å². The summed E-state index contributed by atoms with van der Waals surface area (Å²) < 4.78 is 21.2. The van der Waals surface area contributed by atoms with Crippen molar-refractivity contribution in [1.29, 1.82) is 0 Å². The van der Waals surface area contributed by atoms with E-state index >= 15 is 0 Å². The zero-order chi connectivity index (χ0) is 17.9. The minimum Gasteiger partial charge on any atom is -0.463 e. The van der Waals surface area contributed by atoms with Gasteiger partial charge in [0.15, 0.2) is 5.58 Å². The van der Waals surface area contributed by atoms with Crippen molar-refractivity contribution in [3.05, 3.63) is 89.8 Å². The Morgan fingerprint density at radius 2 is 1.96 bits per heavy atom. The molecular formula is C20H16FN3O2. The fourth-order valence-electron chi connectivity index (χ4n) is 2.91. The van der Waals surface area contributed by atoms with Crippen LogP contribution in [0.1, 0.15) is 21.6 Å². The summed E-state index contributed by atoms with van der Waals surface area (Å²) in [6.45, 7) is 0.626. The van der Waals surface area contributed by atoms with E-state index in [0.717, 1.165) is 11.1 Å². The Morgan fingerprint density at radius 1 is 1.15 bits per heavy atom. The highest BCUT2D eigenvalue weighted by atomic mass is 19.1. The van der Waals surface area contributed by atoms with Crippen LogP contribution in [0.2, 0.25) is 0 Å². The molecule has 3 heterocycles. The number of fused-ring (bicyclic) bond motifs is 1. The molecule has 0 aliphatic carbocycles. The summed E-state index contributed by atoms with van der Waals surface area (Å²) in [4.78, 5) is 16.7. The summed E-state index contributed by atoms with van der Waals surface area (Å²) in [7, 11) is 0. The maximum absolute atomic E-state index is 14.1. The van der Waals surface area contributed by atoms with Crippen LogP contribution in [-0.2, 0) is 13.1 Å². The maximum Gasteiger partial charge on any atom is 0.268 e. The molecule has 130 valence electrons. The number of halogens is 1. The summed E-state index contributed by atoms with van der Waals surface area (Å²) in [5.74, 6) is -0.550. The first kappa shape index (κ1) is 16.1. The molecule has 0 fully saturated rings. The Labute approximate surface area is 149 Å². The average molecular weight is 349 g/mol.